The van der Waals surface area contributed by atoms with E-state index in [2.05, 4.69) is 23.4 Å². The third kappa shape index (κ3) is 4.84. The molecular weight excluding hydrogens is 331 g/mol. The monoisotopic (exact) mass is 358 g/mol. The average molecular weight is 358 g/mol. The van der Waals surface area contributed by atoms with Crippen LogP contribution in [0.3, 0.4) is 0 Å². The van der Waals surface area contributed by atoms with Crippen molar-refractivity contribution >= 4 is 6.03 Å². The van der Waals surface area contributed by atoms with Crippen molar-refractivity contribution in [1.82, 2.24) is 20.0 Å². The highest BCUT2D eigenvalue weighted by atomic mass is 19.1. The van der Waals surface area contributed by atoms with Crippen molar-refractivity contribution in [3.63, 3.8) is 0 Å². The highest BCUT2D eigenvalue weighted by molar-refractivity contribution is 5.74. The van der Waals surface area contributed by atoms with Crippen LogP contribution in [0.15, 0.2) is 30.3 Å². The molecule has 2 amide bonds. The van der Waals surface area contributed by atoms with Gasteiger partial charge in [-0.05, 0) is 56.4 Å². The van der Waals surface area contributed by atoms with E-state index in [4.69, 9.17) is 0 Å². The maximum absolute atomic E-state index is 13.1. The molecule has 1 N–H and O–H groups in total. The number of nitrogens with zero attached hydrogens (tertiary/aromatic N) is 3. The van der Waals surface area contributed by atoms with Crippen molar-refractivity contribution in [2.45, 2.75) is 52.7 Å². The van der Waals surface area contributed by atoms with E-state index in [9.17, 15) is 9.18 Å². The van der Waals surface area contributed by atoms with Crippen molar-refractivity contribution in [1.29, 1.82) is 0 Å². The summed E-state index contributed by atoms with van der Waals surface area (Å²) in [5.74, 6) is 0.0259. The number of amides is 2. The second kappa shape index (κ2) is 7.89. The molecule has 3 rings (SSSR count). The Bertz CT molecular complexity index is 752. The number of hydrogen-bond donors (Lipinski definition) is 1. The van der Waals surface area contributed by atoms with Crippen LogP contribution in [0.4, 0.5) is 9.18 Å². The molecule has 0 aliphatic heterocycles. The van der Waals surface area contributed by atoms with Crippen LogP contribution in [0, 0.1) is 25.6 Å². The van der Waals surface area contributed by atoms with Crippen molar-refractivity contribution in [3.8, 4) is 0 Å². The van der Waals surface area contributed by atoms with Gasteiger partial charge in [-0.25, -0.2) is 9.18 Å². The maximum atomic E-state index is 13.1. The molecule has 140 valence electrons. The lowest BCUT2D eigenvalue weighted by Crippen LogP contribution is -2.42. The quantitative estimate of drug-likeness (QED) is 0.821. The normalized spacial score (nSPS) is 14.9. The van der Waals surface area contributed by atoms with Gasteiger partial charge >= 0.3 is 6.03 Å². The van der Waals surface area contributed by atoms with Crippen molar-refractivity contribution in [2.24, 2.45) is 5.92 Å². The van der Waals surface area contributed by atoms with Crippen LogP contribution in [-0.4, -0.2) is 33.3 Å². The highest BCUT2D eigenvalue weighted by Gasteiger charge is 2.32. The molecule has 0 bridgehead atoms. The first-order chi connectivity index (χ1) is 12.4. The number of halogens is 1. The lowest BCUT2D eigenvalue weighted by atomic mass is 10.2. The zero-order chi connectivity index (χ0) is 18.7. The molecule has 2 aromatic rings. The number of hydrogen-bond acceptors (Lipinski definition) is 2. The fourth-order valence-electron chi connectivity index (χ4n) is 3.12. The van der Waals surface area contributed by atoms with Crippen LogP contribution >= 0.6 is 0 Å². The van der Waals surface area contributed by atoms with E-state index in [-0.39, 0.29) is 17.8 Å². The zero-order valence-corrected chi connectivity index (χ0v) is 15.7. The van der Waals surface area contributed by atoms with Gasteiger partial charge in [-0.2, -0.15) is 5.10 Å². The van der Waals surface area contributed by atoms with Crippen LogP contribution in [0.5, 0.6) is 0 Å². The van der Waals surface area contributed by atoms with Crippen LogP contribution in [0.1, 0.15) is 36.7 Å². The minimum atomic E-state index is -0.255. The second-order valence-electron chi connectivity index (χ2n) is 7.39. The molecule has 1 fully saturated rings. The first kappa shape index (κ1) is 18.4. The van der Waals surface area contributed by atoms with Crippen molar-refractivity contribution in [3.05, 3.63) is 53.1 Å². The molecule has 0 spiro atoms. The Morgan fingerprint density at radius 2 is 2.04 bits per heavy atom. The van der Waals surface area contributed by atoms with Crippen LogP contribution < -0.4 is 5.32 Å². The van der Waals surface area contributed by atoms with E-state index in [0.717, 1.165) is 36.3 Å². The fraction of sp³-hybridized carbons (Fsp3) is 0.500. The molecule has 0 saturated heterocycles. The molecule has 1 heterocycles. The summed E-state index contributed by atoms with van der Waals surface area (Å²) in [4.78, 5) is 14.5. The minimum Gasteiger partial charge on any atom is -0.338 e. The van der Waals surface area contributed by atoms with Crippen LogP contribution in [-0.2, 0) is 13.1 Å². The summed E-state index contributed by atoms with van der Waals surface area (Å²) in [6, 6.07) is 8.67. The molecule has 26 heavy (non-hydrogen) atoms. The Kier molecular flexibility index (Phi) is 5.59. The summed E-state index contributed by atoms with van der Waals surface area (Å²) in [6.45, 7) is 8.04. The van der Waals surface area contributed by atoms with E-state index < -0.39 is 0 Å². The van der Waals surface area contributed by atoms with Gasteiger partial charge in [0.05, 0.1) is 5.69 Å². The Morgan fingerprint density at radius 3 is 2.62 bits per heavy atom. The second-order valence-corrected chi connectivity index (χ2v) is 7.39. The van der Waals surface area contributed by atoms with Crippen LogP contribution in [0.2, 0.25) is 0 Å². The predicted octanol–water partition coefficient (Wildman–Crippen LogP) is 3.65. The summed E-state index contributed by atoms with van der Waals surface area (Å²) in [5.41, 5.74) is 3.10. The number of aryl methyl sites for hydroxylation is 2. The predicted molar refractivity (Wildman–Crippen MR) is 99.2 cm³/mol. The molecule has 5 nitrogen and oxygen atoms in total. The molecular formula is C20H27FN4O. The van der Waals surface area contributed by atoms with Crippen molar-refractivity contribution < 1.29 is 9.18 Å². The molecule has 1 aliphatic carbocycles. The third-order valence-corrected chi connectivity index (χ3v) is 4.70. The SMILES string of the molecule is Cc1cc(C)n(CC(C)CNC(=O)N(Cc2ccc(F)cc2)C2CC2)n1. The lowest BCUT2D eigenvalue weighted by molar-refractivity contribution is 0.189. The standard InChI is InChI=1S/C20H27FN4O/c1-14(12-25-16(3)10-15(2)23-25)11-22-20(26)24(19-8-9-19)13-17-4-6-18(21)7-5-17/h4-7,10,14,19H,8-9,11-13H2,1-3H3,(H,22,26). The Hall–Kier alpha value is -2.37. The van der Waals surface area contributed by atoms with E-state index in [1.807, 2.05) is 23.4 Å². The molecule has 1 saturated carbocycles. The summed E-state index contributed by atoms with van der Waals surface area (Å²) >= 11 is 0. The van der Waals surface area contributed by atoms with Crippen molar-refractivity contribution in [2.75, 3.05) is 6.54 Å². The summed E-state index contributed by atoms with van der Waals surface area (Å²) in [5, 5.41) is 7.53. The lowest BCUT2D eigenvalue weighted by Gasteiger charge is -2.24. The molecule has 1 atom stereocenters. The highest BCUT2D eigenvalue weighted by Crippen LogP contribution is 2.28. The average Bonchev–Trinajstić information content (AvgIpc) is 3.38. The number of carbonyl (C=O) groups excluding carboxylic acids is 1. The third-order valence-electron chi connectivity index (χ3n) is 4.70. The van der Waals surface area contributed by atoms with Gasteiger partial charge in [0.2, 0.25) is 0 Å². The first-order valence-electron chi connectivity index (χ1n) is 9.22. The molecule has 1 aliphatic rings. The summed E-state index contributed by atoms with van der Waals surface area (Å²) < 4.78 is 15.1. The van der Waals surface area contributed by atoms with Gasteiger partial charge in [-0.15, -0.1) is 0 Å². The van der Waals surface area contributed by atoms with Gasteiger partial charge in [0.1, 0.15) is 5.82 Å². The van der Waals surface area contributed by atoms with E-state index in [1.165, 1.54) is 12.1 Å². The van der Waals surface area contributed by atoms with Gasteiger partial charge in [-0.1, -0.05) is 19.1 Å². The molecule has 1 aromatic heterocycles. The first-order valence-corrected chi connectivity index (χ1v) is 9.22. The van der Waals surface area contributed by atoms with Gasteiger partial charge in [0.15, 0.2) is 0 Å². The Balaban J connectivity index is 1.53. The largest absolute Gasteiger partial charge is 0.338 e. The van der Waals surface area contributed by atoms with Gasteiger partial charge in [0, 0.05) is 31.4 Å². The van der Waals surface area contributed by atoms with E-state index in [0.29, 0.717) is 19.1 Å². The molecule has 1 aromatic carbocycles. The Morgan fingerprint density at radius 1 is 1.35 bits per heavy atom. The molecule has 0 radical (unpaired) electrons. The van der Waals surface area contributed by atoms with Crippen LogP contribution in [0.25, 0.3) is 0 Å². The number of carbonyl (C=O) groups is 1. The minimum absolute atomic E-state index is 0.0444. The topological polar surface area (TPSA) is 50.2 Å². The van der Waals surface area contributed by atoms with Gasteiger partial charge in [0.25, 0.3) is 0 Å². The molecule has 6 heteroatoms. The fourth-order valence-corrected chi connectivity index (χ4v) is 3.12. The summed E-state index contributed by atoms with van der Waals surface area (Å²) in [7, 11) is 0. The number of aromatic nitrogens is 2. The number of rotatable bonds is 7. The van der Waals surface area contributed by atoms with E-state index in [1.54, 1.807) is 12.1 Å². The van der Waals surface area contributed by atoms with Gasteiger partial charge < -0.3 is 10.2 Å². The maximum Gasteiger partial charge on any atom is 0.317 e. The van der Waals surface area contributed by atoms with E-state index >= 15 is 0 Å². The Labute approximate surface area is 154 Å². The number of urea groups is 1. The number of nitrogens with one attached hydrogen (secondary N) is 1. The molecule has 1 unspecified atom stereocenters. The zero-order valence-electron chi connectivity index (χ0n) is 15.7. The smallest absolute Gasteiger partial charge is 0.317 e. The summed E-state index contributed by atoms with van der Waals surface area (Å²) in [6.07, 6.45) is 2.08. The van der Waals surface area contributed by atoms with Gasteiger partial charge in [-0.3, -0.25) is 4.68 Å². The number of benzene rings is 1.